The molecule has 1 aliphatic rings. The summed E-state index contributed by atoms with van der Waals surface area (Å²) in [6, 6.07) is 3.54. The Morgan fingerprint density at radius 3 is 2.05 bits per heavy atom. The molecule has 0 aromatic heterocycles. The minimum atomic E-state index is -0.513. The molecule has 20 heavy (non-hydrogen) atoms. The number of ether oxygens (including phenoxy) is 2. The smallest absolute Gasteiger partial charge is 0.497 e. The van der Waals surface area contributed by atoms with E-state index in [-0.39, 0.29) is 12.0 Å². The molecule has 1 saturated heterocycles. The van der Waals surface area contributed by atoms with Gasteiger partial charge in [0, 0.05) is 18.6 Å². The number of hydrogen-bond acceptors (Lipinski definition) is 5. The summed E-state index contributed by atoms with van der Waals surface area (Å²) in [5.74, 6) is 1.19. The monoisotopic (exact) mass is 280 g/mol. The Bertz CT molecular complexity index is 440. The van der Waals surface area contributed by atoms with E-state index in [2.05, 4.69) is 13.8 Å². The van der Waals surface area contributed by atoms with Crippen molar-refractivity contribution in [2.45, 2.75) is 20.5 Å². The Balaban J connectivity index is 2.35. The standard InChI is InChI=1S/C14H21BO5/c1-14(2)8-19-15(20-9-14)13-11(17-3)5-10(7-16)6-12(13)18-4/h5-6,16H,7-9H2,1-4H3. The summed E-state index contributed by atoms with van der Waals surface area (Å²) in [4.78, 5) is 0. The van der Waals surface area contributed by atoms with Crippen LogP contribution in [0, 0.1) is 5.41 Å². The van der Waals surface area contributed by atoms with E-state index < -0.39 is 7.12 Å². The van der Waals surface area contributed by atoms with Gasteiger partial charge in [0.25, 0.3) is 0 Å². The summed E-state index contributed by atoms with van der Waals surface area (Å²) < 4.78 is 22.4. The molecule has 0 aliphatic carbocycles. The molecule has 1 aromatic carbocycles. The fourth-order valence-electron chi connectivity index (χ4n) is 2.18. The average molecular weight is 280 g/mol. The van der Waals surface area contributed by atoms with Gasteiger partial charge in [0.05, 0.1) is 26.3 Å². The molecular formula is C14H21BO5. The number of aliphatic hydroxyl groups excluding tert-OH is 1. The zero-order valence-corrected chi connectivity index (χ0v) is 12.4. The summed E-state index contributed by atoms with van der Waals surface area (Å²) in [6.07, 6.45) is 0. The van der Waals surface area contributed by atoms with E-state index in [0.29, 0.717) is 24.7 Å². The Hall–Kier alpha value is -1.24. The van der Waals surface area contributed by atoms with Crippen molar-refractivity contribution in [3.8, 4) is 11.5 Å². The van der Waals surface area contributed by atoms with Gasteiger partial charge in [-0.1, -0.05) is 13.8 Å². The van der Waals surface area contributed by atoms with Crippen LogP contribution in [0.4, 0.5) is 0 Å². The first kappa shape index (κ1) is 15.2. The van der Waals surface area contributed by atoms with Crippen LogP contribution in [-0.4, -0.2) is 39.7 Å². The van der Waals surface area contributed by atoms with Gasteiger partial charge < -0.3 is 23.9 Å². The van der Waals surface area contributed by atoms with Crippen LogP contribution >= 0.6 is 0 Å². The lowest BCUT2D eigenvalue weighted by molar-refractivity contribution is 0.0339. The zero-order valence-electron chi connectivity index (χ0n) is 12.4. The fourth-order valence-corrected chi connectivity index (χ4v) is 2.18. The van der Waals surface area contributed by atoms with E-state index >= 15 is 0 Å². The van der Waals surface area contributed by atoms with Crippen molar-refractivity contribution in [2.75, 3.05) is 27.4 Å². The Morgan fingerprint density at radius 1 is 1.15 bits per heavy atom. The maximum absolute atomic E-state index is 9.27. The van der Waals surface area contributed by atoms with Gasteiger partial charge in [-0.2, -0.15) is 0 Å². The Morgan fingerprint density at radius 2 is 1.65 bits per heavy atom. The zero-order chi connectivity index (χ0) is 14.8. The second-order valence-electron chi connectivity index (χ2n) is 5.69. The predicted molar refractivity (Wildman–Crippen MR) is 76.5 cm³/mol. The van der Waals surface area contributed by atoms with E-state index in [0.717, 1.165) is 11.0 Å². The van der Waals surface area contributed by atoms with E-state index in [1.165, 1.54) is 0 Å². The van der Waals surface area contributed by atoms with Crippen molar-refractivity contribution < 1.29 is 23.9 Å². The summed E-state index contributed by atoms with van der Waals surface area (Å²) >= 11 is 0. The third-order valence-corrected chi connectivity index (χ3v) is 3.27. The second-order valence-corrected chi connectivity index (χ2v) is 5.69. The van der Waals surface area contributed by atoms with Crippen molar-refractivity contribution >= 4 is 12.6 Å². The van der Waals surface area contributed by atoms with Gasteiger partial charge in [0.2, 0.25) is 0 Å². The van der Waals surface area contributed by atoms with Crippen LogP contribution in [0.25, 0.3) is 0 Å². The first-order valence-electron chi connectivity index (χ1n) is 6.59. The van der Waals surface area contributed by atoms with Crippen LogP contribution in [0.15, 0.2) is 12.1 Å². The van der Waals surface area contributed by atoms with Crippen molar-refractivity contribution in [1.29, 1.82) is 0 Å². The predicted octanol–water partition coefficient (Wildman–Crippen LogP) is 0.964. The molecule has 1 aromatic rings. The molecule has 110 valence electrons. The molecule has 0 atom stereocenters. The second kappa shape index (κ2) is 6.03. The third kappa shape index (κ3) is 3.08. The van der Waals surface area contributed by atoms with E-state index in [1.54, 1.807) is 26.4 Å². The van der Waals surface area contributed by atoms with E-state index in [4.69, 9.17) is 18.8 Å². The van der Waals surface area contributed by atoms with E-state index in [9.17, 15) is 5.11 Å². The molecule has 6 heteroatoms. The lowest BCUT2D eigenvalue weighted by Crippen LogP contribution is -2.48. The molecule has 1 fully saturated rings. The molecule has 0 saturated carbocycles. The molecular weight excluding hydrogens is 259 g/mol. The number of methoxy groups -OCH3 is 2. The van der Waals surface area contributed by atoms with Crippen LogP contribution in [0.3, 0.4) is 0 Å². The Labute approximate surface area is 119 Å². The Kier molecular flexibility index (Phi) is 4.57. The van der Waals surface area contributed by atoms with Gasteiger partial charge in [-0.3, -0.25) is 0 Å². The minimum absolute atomic E-state index is 0.00199. The van der Waals surface area contributed by atoms with Crippen LogP contribution in [-0.2, 0) is 15.9 Å². The van der Waals surface area contributed by atoms with E-state index in [1.807, 2.05) is 0 Å². The van der Waals surface area contributed by atoms with Crippen molar-refractivity contribution in [3.05, 3.63) is 17.7 Å². The first-order valence-corrected chi connectivity index (χ1v) is 6.59. The largest absolute Gasteiger partial charge is 0.501 e. The molecule has 1 heterocycles. The summed E-state index contributed by atoms with van der Waals surface area (Å²) in [7, 11) is 2.64. The lowest BCUT2D eigenvalue weighted by atomic mass is 9.74. The summed E-state index contributed by atoms with van der Waals surface area (Å²) in [6.45, 7) is 5.31. The van der Waals surface area contributed by atoms with Crippen LogP contribution < -0.4 is 14.9 Å². The highest BCUT2D eigenvalue weighted by Crippen LogP contribution is 2.27. The van der Waals surface area contributed by atoms with Gasteiger partial charge in [-0.05, 0) is 17.7 Å². The maximum Gasteiger partial charge on any atom is 0.501 e. The quantitative estimate of drug-likeness (QED) is 0.833. The molecule has 5 nitrogen and oxygen atoms in total. The topological polar surface area (TPSA) is 57.2 Å². The SMILES string of the molecule is COc1cc(CO)cc(OC)c1B1OCC(C)(C)CO1. The van der Waals surface area contributed by atoms with Gasteiger partial charge in [-0.15, -0.1) is 0 Å². The third-order valence-electron chi connectivity index (χ3n) is 3.27. The van der Waals surface area contributed by atoms with Crippen molar-refractivity contribution in [2.24, 2.45) is 5.41 Å². The highest BCUT2D eigenvalue weighted by Gasteiger charge is 2.37. The van der Waals surface area contributed by atoms with Gasteiger partial charge in [-0.25, -0.2) is 0 Å². The first-order chi connectivity index (χ1) is 9.50. The van der Waals surface area contributed by atoms with Crippen LogP contribution in [0.5, 0.6) is 11.5 Å². The highest BCUT2D eigenvalue weighted by molar-refractivity contribution is 6.63. The van der Waals surface area contributed by atoms with Crippen molar-refractivity contribution in [3.63, 3.8) is 0 Å². The van der Waals surface area contributed by atoms with Crippen molar-refractivity contribution in [1.82, 2.24) is 0 Å². The van der Waals surface area contributed by atoms with Crippen LogP contribution in [0.1, 0.15) is 19.4 Å². The lowest BCUT2D eigenvalue weighted by Gasteiger charge is -2.33. The number of hydrogen-bond donors (Lipinski definition) is 1. The molecule has 1 N–H and O–H groups in total. The molecule has 1 aliphatic heterocycles. The molecule has 0 amide bonds. The van der Waals surface area contributed by atoms with Gasteiger partial charge >= 0.3 is 7.12 Å². The number of aliphatic hydroxyl groups is 1. The molecule has 0 radical (unpaired) electrons. The number of rotatable bonds is 4. The molecule has 0 spiro atoms. The van der Waals surface area contributed by atoms with Crippen LogP contribution in [0.2, 0.25) is 0 Å². The highest BCUT2D eigenvalue weighted by atomic mass is 16.6. The maximum atomic E-state index is 9.27. The number of benzene rings is 1. The van der Waals surface area contributed by atoms with Gasteiger partial charge in [0.1, 0.15) is 11.5 Å². The molecule has 0 bridgehead atoms. The summed E-state index contributed by atoms with van der Waals surface area (Å²) in [5.41, 5.74) is 1.45. The fraction of sp³-hybridized carbons (Fsp3) is 0.571. The minimum Gasteiger partial charge on any atom is -0.497 e. The normalized spacial score (nSPS) is 17.9. The molecule has 2 rings (SSSR count). The summed E-state index contributed by atoms with van der Waals surface area (Å²) in [5, 5.41) is 9.27. The average Bonchev–Trinajstić information content (AvgIpc) is 2.46. The van der Waals surface area contributed by atoms with Gasteiger partial charge in [0.15, 0.2) is 0 Å². The molecule has 0 unspecified atom stereocenters.